The van der Waals surface area contributed by atoms with Crippen molar-refractivity contribution in [3.8, 4) is 0 Å². The van der Waals surface area contributed by atoms with Crippen LogP contribution in [0.1, 0.15) is 16.8 Å². The number of fused-ring (bicyclic) bond motifs is 1. The first-order valence-electron chi connectivity index (χ1n) is 6.60. The maximum atomic E-state index is 12.5. The van der Waals surface area contributed by atoms with Gasteiger partial charge in [-0.15, -0.1) is 12.4 Å². The van der Waals surface area contributed by atoms with Gasteiger partial charge in [-0.25, -0.2) is 0 Å². The summed E-state index contributed by atoms with van der Waals surface area (Å²) < 4.78 is 0.981. The van der Waals surface area contributed by atoms with Gasteiger partial charge in [0.05, 0.1) is 5.02 Å². The van der Waals surface area contributed by atoms with Crippen LogP contribution in [-0.4, -0.2) is 37.0 Å². The van der Waals surface area contributed by atoms with Gasteiger partial charge >= 0.3 is 0 Å². The molecule has 0 spiro atoms. The molecule has 2 unspecified atom stereocenters. The second kappa shape index (κ2) is 6.81. The van der Waals surface area contributed by atoms with Crippen molar-refractivity contribution in [2.75, 3.05) is 26.2 Å². The highest BCUT2D eigenvalue weighted by Crippen LogP contribution is 2.28. The van der Waals surface area contributed by atoms with Crippen LogP contribution in [0.5, 0.6) is 0 Å². The van der Waals surface area contributed by atoms with Crippen LogP contribution < -0.4 is 5.32 Å². The van der Waals surface area contributed by atoms with Crippen LogP contribution in [0.15, 0.2) is 18.2 Å². The molecule has 3 rings (SSSR count). The standard InChI is InChI=1S/C14H16ClIN2O.ClH/c15-12-5-9(1-2-13(12)16)14(19)18-4-3-10-6-17-7-11(10)8-18;/h1-2,5,10-11,17H,3-4,6-8H2;1H. The molecule has 0 radical (unpaired) electrons. The Balaban J connectivity index is 0.00000147. The lowest BCUT2D eigenvalue weighted by Crippen LogP contribution is -2.43. The predicted octanol–water partition coefficient (Wildman–Crippen LogP) is 3.05. The monoisotopic (exact) mass is 426 g/mol. The SMILES string of the molecule is Cl.O=C(c1ccc(I)c(Cl)c1)N1CCC2CNCC2C1. The molecular weight excluding hydrogens is 410 g/mol. The highest BCUT2D eigenvalue weighted by atomic mass is 127. The quantitative estimate of drug-likeness (QED) is 0.700. The van der Waals surface area contributed by atoms with Crippen molar-refractivity contribution in [2.45, 2.75) is 6.42 Å². The second-order valence-electron chi connectivity index (χ2n) is 5.35. The summed E-state index contributed by atoms with van der Waals surface area (Å²) in [5, 5.41) is 4.08. The molecule has 110 valence electrons. The first kappa shape index (κ1) is 16.3. The van der Waals surface area contributed by atoms with E-state index in [0.717, 1.165) is 42.1 Å². The molecule has 2 fully saturated rings. The van der Waals surface area contributed by atoms with E-state index >= 15 is 0 Å². The van der Waals surface area contributed by atoms with Crippen LogP contribution in [0, 0.1) is 15.4 Å². The average Bonchev–Trinajstić information content (AvgIpc) is 2.88. The number of carbonyl (C=O) groups is 1. The van der Waals surface area contributed by atoms with Crippen molar-refractivity contribution in [1.29, 1.82) is 0 Å². The topological polar surface area (TPSA) is 32.3 Å². The molecule has 2 saturated heterocycles. The molecule has 1 amide bonds. The number of hydrogen-bond donors (Lipinski definition) is 1. The number of nitrogens with zero attached hydrogens (tertiary/aromatic N) is 1. The maximum Gasteiger partial charge on any atom is 0.253 e. The van der Waals surface area contributed by atoms with Crippen molar-refractivity contribution in [3.63, 3.8) is 0 Å². The summed E-state index contributed by atoms with van der Waals surface area (Å²) >= 11 is 8.27. The Hall–Kier alpha value is -0.0400. The van der Waals surface area contributed by atoms with Gasteiger partial charge in [0.25, 0.3) is 5.91 Å². The maximum absolute atomic E-state index is 12.5. The van der Waals surface area contributed by atoms with Crippen LogP contribution in [0.3, 0.4) is 0 Å². The Labute approximate surface area is 144 Å². The molecular formula is C14H17Cl2IN2O. The molecule has 1 aromatic rings. The molecule has 3 nitrogen and oxygen atoms in total. The normalized spacial score (nSPS) is 25.0. The number of hydrogen-bond acceptors (Lipinski definition) is 2. The van der Waals surface area contributed by atoms with Gasteiger partial charge in [0.2, 0.25) is 0 Å². The van der Waals surface area contributed by atoms with Crippen LogP contribution in [-0.2, 0) is 0 Å². The Morgan fingerprint density at radius 2 is 2.10 bits per heavy atom. The number of likely N-dealkylation sites (tertiary alicyclic amines) is 1. The van der Waals surface area contributed by atoms with E-state index < -0.39 is 0 Å². The zero-order valence-corrected chi connectivity index (χ0v) is 14.7. The lowest BCUT2D eigenvalue weighted by molar-refractivity contribution is 0.0642. The summed E-state index contributed by atoms with van der Waals surface area (Å²) in [5.41, 5.74) is 0.704. The second-order valence-corrected chi connectivity index (χ2v) is 6.92. The lowest BCUT2D eigenvalue weighted by atomic mass is 9.88. The van der Waals surface area contributed by atoms with Gasteiger partial charge in [-0.2, -0.15) is 0 Å². The Morgan fingerprint density at radius 3 is 2.85 bits per heavy atom. The predicted molar refractivity (Wildman–Crippen MR) is 91.8 cm³/mol. The average molecular weight is 427 g/mol. The molecule has 0 saturated carbocycles. The highest BCUT2D eigenvalue weighted by molar-refractivity contribution is 14.1. The minimum atomic E-state index is 0. The molecule has 2 aliphatic heterocycles. The van der Waals surface area contributed by atoms with Crippen molar-refractivity contribution in [3.05, 3.63) is 32.4 Å². The minimum absolute atomic E-state index is 0. The van der Waals surface area contributed by atoms with Crippen LogP contribution >= 0.6 is 46.6 Å². The van der Waals surface area contributed by atoms with E-state index in [0.29, 0.717) is 16.5 Å². The first-order valence-corrected chi connectivity index (χ1v) is 8.06. The summed E-state index contributed by atoms with van der Waals surface area (Å²) in [6, 6.07) is 5.56. The van der Waals surface area contributed by atoms with Crippen LogP contribution in [0.4, 0.5) is 0 Å². The molecule has 2 atom stereocenters. The van der Waals surface area contributed by atoms with Crippen LogP contribution in [0.2, 0.25) is 5.02 Å². The van der Waals surface area contributed by atoms with E-state index in [1.807, 2.05) is 17.0 Å². The number of nitrogens with one attached hydrogen (secondary N) is 1. The number of amides is 1. The number of piperidine rings is 1. The summed E-state index contributed by atoms with van der Waals surface area (Å²) in [5.74, 6) is 1.49. The van der Waals surface area contributed by atoms with E-state index in [1.54, 1.807) is 6.07 Å². The fourth-order valence-corrected chi connectivity index (χ4v) is 3.55. The van der Waals surface area contributed by atoms with E-state index in [9.17, 15) is 4.79 Å². The lowest BCUT2D eigenvalue weighted by Gasteiger charge is -2.34. The fourth-order valence-electron chi connectivity index (χ4n) is 3.03. The van der Waals surface area contributed by atoms with Crippen LogP contribution in [0.25, 0.3) is 0 Å². The highest BCUT2D eigenvalue weighted by Gasteiger charge is 2.34. The smallest absolute Gasteiger partial charge is 0.253 e. The largest absolute Gasteiger partial charge is 0.338 e. The third-order valence-electron chi connectivity index (χ3n) is 4.16. The third-order valence-corrected chi connectivity index (χ3v) is 5.73. The molecule has 20 heavy (non-hydrogen) atoms. The van der Waals surface area contributed by atoms with E-state index in [2.05, 4.69) is 27.9 Å². The van der Waals surface area contributed by atoms with Gasteiger partial charge in [0.15, 0.2) is 0 Å². The van der Waals surface area contributed by atoms with Gasteiger partial charge < -0.3 is 10.2 Å². The van der Waals surface area contributed by atoms with Crippen molar-refractivity contribution < 1.29 is 4.79 Å². The molecule has 0 bridgehead atoms. The summed E-state index contributed by atoms with van der Waals surface area (Å²) in [4.78, 5) is 14.5. The zero-order valence-electron chi connectivity index (χ0n) is 10.9. The van der Waals surface area contributed by atoms with E-state index in [1.165, 1.54) is 0 Å². The number of halogens is 3. The van der Waals surface area contributed by atoms with Gasteiger partial charge in [-0.05, 0) is 72.1 Å². The van der Waals surface area contributed by atoms with E-state index in [-0.39, 0.29) is 18.3 Å². The Kier molecular flexibility index (Phi) is 5.56. The van der Waals surface area contributed by atoms with Gasteiger partial charge in [-0.3, -0.25) is 4.79 Å². The molecule has 0 aliphatic carbocycles. The van der Waals surface area contributed by atoms with Crippen molar-refractivity contribution >= 4 is 52.5 Å². The summed E-state index contributed by atoms with van der Waals surface area (Å²) in [6.45, 7) is 3.90. The number of rotatable bonds is 1. The number of benzene rings is 1. The van der Waals surface area contributed by atoms with Crippen molar-refractivity contribution in [1.82, 2.24) is 10.2 Å². The van der Waals surface area contributed by atoms with Gasteiger partial charge in [-0.1, -0.05) is 11.6 Å². The Bertz CT molecular complexity index is 512. The van der Waals surface area contributed by atoms with Gasteiger partial charge in [0.1, 0.15) is 0 Å². The summed E-state index contributed by atoms with van der Waals surface area (Å²) in [7, 11) is 0. The first-order chi connectivity index (χ1) is 9.15. The fraction of sp³-hybridized carbons (Fsp3) is 0.500. The summed E-state index contributed by atoms with van der Waals surface area (Å²) in [6.07, 6.45) is 1.11. The van der Waals surface area contributed by atoms with E-state index in [4.69, 9.17) is 11.6 Å². The Morgan fingerprint density at radius 1 is 1.35 bits per heavy atom. The zero-order chi connectivity index (χ0) is 13.4. The molecule has 0 aromatic heterocycles. The molecule has 1 N–H and O–H groups in total. The van der Waals surface area contributed by atoms with Crippen molar-refractivity contribution in [2.24, 2.45) is 11.8 Å². The van der Waals surface area contributed by atoms with Gasteiger partial charge in [0, 0.05) is 22.2 Å². The molecule has 6 heteroatoms. The minimum Gasteiger partial charge on any atom is -0.338 e. The third kappa shape index (κ3) is 3.24. The molecule has 2 aliphatic rings. The molecule has 1 aromatic carbocycles. The number of carbonyl (C=O) groups excluding carboxylic acids is 1. The molecule has 2 heterocycles.